The predicted octanol–water partition coefficient (Wildman–Crippen LogP) is 3.11. The molecule has 1 aromatic carbocycles. The van der Waals surface area contributed by atoms with Gasteiger partial charge in [-0.3, -0.25) is 4.98 Å². The van der Waals surface area contributed by atoms with Gasteiger partial charge in [-0.1, -0.05) is 6.07 Å². The standard InChI is InChI=1S/C24H29N5O3/c1-29(2)23-14-18(27-24(28-23)19-7-4-5-9-26-19)8-10-25-16-17-13-21-22(15-20(17)30-3)32-12-6-11-31-21/h4-5,7,9,13-15,25H,6,8,10-12,16H2,1-3H3. The van der Waals surface area contributed by atoms with Crippen molar-refractivity contribution in [1.82, 2.24) is 20.3 Å². The van der Waals surface area contributed by atoms with Crippen LogP contribution in [0.3, 0.4) is 0 Å². The van der Waals surface area contributed by atoms with Gasteiger partial charge in [0.2, 0.25) is 0 Å². The van der Waals surface area contributed by atoms with Crippen LogP contribution in [0.25, 0.3) is 11.5 Å². The first-order chi connectivity index (χ1) is 15.6. The van der Waals surface area contributed by atoms with Crippen LogP contribution in [0.5, 0.6) is 17.2 Å². The lowest BCUT2D eigenvalue weighted by molar-refractivity contribution is 0.296. The van der Waals surface area contributed by atoms with E-state index in [0.29, 0.717) is 25.6 Å². The molecular formula is C24H29N5O3. The number of fused-ring (bicyclic) bond motifs is 1. The van der Waals surface area contributed by atoms with Crippen molar-refractivity contribution in [2.75, 3.05) is 45.9 Å². The van der Waals surface area contributed by atoms with Crippen molar-refractivity contribution in [1.29, 1.82) is 0 Å². The molecule has 2 aromatic heterocycles. The zero-order chi connectivity index (χ0) is 22.3. The number of aromatic nitrogens is 3. The van der Waals surface area contributed by atoms with Gasteiger partial charge < -0.3 is 24.4 Å². The fraction of sp³-hybridized carbons (Fsp3) is 0.375. The molecule has 0 bridgehead atoms. The largest absolute Gasteiger partial charge is 0.496 e. The monoisotopic (exact) mass is 435 g/mol. The molecule has 0 unspecified atom stereocenters. The summed E-state index contributed by atoms with van der Waals surface area (Å²) in [5.41, 5.74) is 2.76. The SMILES string of the molecule is COc1cc2c(cc1CNCCc1cc(N(C)C)nc(-c3ccccn3)n1)OCCCO2. The number of hydrogen-bond donors (Lipinski definition) is 1. The molecule has 0 saturated carbocycles. The highest BCUT2D eigenvalue weighted by atomic mass is 16.5. The second-order valence-electron chi connectivity index (χ2n) is 7.74. The van der Waals surface area contributed by atoms with Crippen molar-refractivity contribution in [2.24, 2.45) is 0 Å². The van der Waals surface area contributed by atoms with Crippen LogP contribution in [-0.2, 0) is 13.0 Å². The zero-order valence-corrected chi connectivity index (χ0v) is 18.8. The van der Waals surface area contributed by atoms with Crippen LogP contribution >= 0.6 is 0 Å². The fourth-order valence-corrected chi connectivity index (χ4v) is 3.45. The van der Waals surface area contributed by atoms with Crippen molar-refractivity contribution in [3.63, 3.8) is 0 Å². The molecule has 8 heteroatoms. The van der Waals surface area contributed by atoms with Crippen LogP contribution in [-0.4, -0.2) is 55.9 Å². The number of pyridine rings is 1. The van der Waals surface area contributed by atoms with Gasteiger partial charge in [-0.25, -0.2) is 9.97 Å². The minimum atomic E-state index is 0.636. The third kappa shape index (κ3) is 5.26. The number of rotatable bonds is 8. The Kier molecular flexibility index (Phi) is 7.01. The van der Waals surface area contributed by atoms with Gasteiger partial charge in [0.25, 0.3) is 0 Å². The van der Waals surface area contributed by atoms with Gasteiger partial charge >= 0.3 is 0 Å². The summed E-state index contributed by atoms with van der Waals surface area (Å²) in [5, 5.41) is 3.49. The fourth-order valence-electron chi connectivity index (χ4n) is 3.45. The van der Waals surface area contributed by atoms with E-state index in [-0.39, 0.29) is 0 Å². The molecule has 0 aliphatic carbocycles. The molecule has 8 nitrogen and oxygen atoms in total. The third-order valence-electron chi connectivity index (χ3n) is 5.14. The highest BCUT2D eigenvalue weighted by Crippen LogP contribution is 2.36. The Morgan fingerprint density at radius 3 is 2.59 bits per heavy atom. The lowest BCUT2D eigenvalue weighted by Gasteiger charge is -2.15. The quantitative estimate of drug-likeness (QED) is 0.541. The van der Waals surface area contributed by atoms with Gasteiger partial charge in [0.1, 0.15) is 17.3 Å². The van der Waals surface area contributed by atoms with E-state index in [1.54, 1.807) is 13.3 Å². The van der Waals surface area contributed by atoms with Crippen LogP contribution in [0.15, 0.2) is 42.6 Å². The Balaban J connectivity index is 1.44. The van der Waals surface area contributed by atoms with Crippen molar-refractivity contribution in [3.05, 3.63) is 53.9 Å². The third-order valence-corrected chi connectivity index (χ3v) is 5.14. The Morgan fingerprint density at radius 2 is 1.88 bits per heavy atom. The van der Waals surface area contributed by atoms with Gasteiger partial charge in [0.15, 0.2) is 17.3 Å². The van der Waals surface area contributed by atoms with Crippen molar-refractivity contribution in [3.8, 4) is 28.8 Å². The summed E-state index contributed by atoms with van der Waals surface area (Å²) >= 11 is 0. The van der Waals surface area contributed by atoms with Gasteiger partial charge in [-0.15, -0.1) is 0 Å². The topological polar surface area (TPSA) is 81.6 Å². The first kappa shape index (κ1) is 21.8. The minimum Gasteiger partial charge on any atom is -0.496 e. The average molecular weight is 436 g/mol. The van der Waals surface area contributed by atoms with Crippen molar-refractivity contribution < 1.29 is 14.2 Å². The summed E-state index contributed by atoms with van der Waals surface area (Å²) < 4.78 is 17.1. The van der Waals surface area contributed by atoms with E-state index in [1.165, 1.54) is 0 Å². The second-order valence-corrected chi connectivity index (χ2v) is 7.74. The maximum absolute atomic E-state index is 5.82. The van der Waals surface area contributed by atoms with Crippen LogP contribution in [0.1, 0.15) is 17.7 Å². The van der Waals surface area contributed by atoms with E-state index in [0.717, 1.165) is 59.4 Å². The maximum atomic E-state index is 5.82. The molecular weight excluding hydrogens is 406 g/mol. The van der Waals surface area contributed by atoms with Crippen LogP contribution in [0.4, 0.5) is 5.82 Å². The number of nitrogens with zero attached hydrogens (tertiary/aromatic N) is 4. The molecule has 0 spiro atoms. The molecule has 3 heterocycles. The summed E-state index contributed by atoms with van der Waals surface area (Å²) in [7, 11) is 5.62. The second kappa shape index (κ2) is 10.3. The molecule has 1 aliphatic rings. The van der Waals surface area contributed by atoms with E-state index >= 15 is 0 Å². The summed E-state index contributed by atoms with van der Waals surface area (Å²) in [5.74, 6) is 3.79. The highest BCUT2D eigenvalue weighted by molar-refractivity contribution is 5.53. The number of nitrogens with one attached hydrogen (secondary N) is 1. The first-order valence-corrected chi connectivity index (χ1v) is 10.8. The lowest BCUT2D eigenvalue weighted by atomic mass is 10.1. The van der Waals surface area contributed by atoms with Crippen LogP contribution < -0.4 is 24.4 Å². The molecule has 0 fully saturated rings. The molecule has 168 valence electrons. The van der Waals surface area contributed by atoms with E-state index in [1.807, 2.05) is 55.4 Å². The molecule has 0 saturated heterocycles. The molecule has 4 rings (SSSR count). The van der Waals surface area contributed by atoms with Crippen molar-refractivity contribution >= 4 is 5.82 Å². The number of anilines is 1. The minimum absolute atomic E-state index is 0.636. The van der Waals surface area contributed by atoms with Crippen LogP contribution in [0, 0.1) is 0 Å². The Bertz CT molecular complexity index is 1040. The Labute approximate surface area is 188 Å². The summed E-state index contributed by atoms with van der Waals surface area (Å²) in [6, 6.07) is 11.7. The average Bonchev–Trinajstić information content (AvgIpc) is 3.06. The molecule has 0 radical (unpaired) electrons. The molecule has 3 aromatic rings. The normalized spacial score (nSPS) is 12.8. The molecule has 32 heavy (non-hydrogen) atoms. The van der Waals surface area contributed by atoms with E-state index in [9.17, 15) is 0 Å². The lowest BCUT2D eigenvalue weighted by Crippen LogP contribution is -2.19. The van der Waals surface area contributed by atoms with E-state index < -0.39 is 0 Å². The molecule has 0 amide bonds. The molecule has 1 N–H and O–H groups in total. The highest BCUT2D eigenvalue weighted by Gasteiger charge is 2.15. The van der Waals surface area contributed by atoms with Gasteiger partial charge in [0, 0.05) is 69.6 Å². The first-order valence-electron chi connectivity index (χ1n) is 10.8. The summed E-state index contributed by atoms with van der Waals surface area (Å²) in [6.45, 7) is 2.72. The molecule has 0 atom stereocenters. The van der Waals surface area contributed by atoms with Crippen molar-refractivity contribution in [2.45, 2.75) is 19.4 Å². The number of methoxy groups -OCH3 is 1. The summed E-state index contributed by atoms with van der Waals surface area (Å²) in [6.07, 6.45) is 3.39. The van der Waals surface area contributed by atoms with Gasteiger partial charge in [-0.05, 0) is 18.2 Å². The van der Waals surface area contributed by atoms with E-state index in [4.69, 9.17) is 19.2 Å². The van der Waals surface area contributed by atoms with E-state index in [2.05, 4.69) is 15.3 Å². The maximum Gasteiger partial charge on any atom is 0.180 e. The molecule has 1 aliphatic heterocycles. The Hall–Kier alpha value is -3.39. The van der Waals surface area contributed by atoms with Gasteiger partial charge in [0.05, 0.1) is 20.3 Å². The summed E-state index contributed by atoms with van der Waals surface area (Å²) in [4.78, 5) is 15.7. The van der Waals surface area contributed by atoms with Gasteiger partial charge in [-0.2, -0.15) is 0 Å². The Morgan fingerprint density at radius 1 is 1.06 bits per heavy atom. The zero-order valence-electron chi connectivity index (χ0n) is 18.8. The van der Waals surface area contributed by atoms with Crippen LogP contribution in [0.2, 0.25) is 0 Å². The predicted molar refractivity (Wildman–Crippen MR) is 124 cm³/mol. The number of ether oxygens (including phenoxy) is 3. The number of benzene rings is 1. The number of hydrogen-bond acceptors (Lipinski definition) is 8. The smallest absolute Gasteiger partial charge is 0.180 e.